The molecule has 0 unspecified atom stereocenters. The van der Waals surface area contributed by atoms with Gasteiger partial charge in [0, 0.05) is 0 Å². The van der Waals surface area contributed by atoms with E-state index < -0.39 is 0 Å². The molecule has 1 aliphatic rings. The lowest BCUT2D eigenvalue weighted by atomic mass is 10.2. The Morgan fingerprint density at radius 1 is 1.20 bits per heavy atom. The summed E-state index contributed by atoms with van der Waals surface area (Å²) in [5.41, 5.74) is 0. The number of nitrogens with one attached hydrogen (secondary N) is 1. The summed E-state index contributed by atoms with van der Waals surface area (Å²) in [5, 5.41) is 2.29. The topological polar surface area (TPSA) is 52.6 Å². The first-order valence-electron chi connectivity index (χ1n) is 5.27. The smallest absolute Gasteiger partial charge is 0.240 e. The summed E-state index contributed by atoms with van der Waals surface area (Å²) in [6.07, 6.45) is 2.12. The van der Waals surface area contributed by atoms with Gasteiger partial charge in [0.2, 0.25) is 11.8 Å². The Balaban J connectivity index is 2.15. The van der Waals surface area contributed by atoms with Crippen LogP contribution in [-0.4, -0.2) is 61.9 Å². The number of hydrogen-bond donors (Lipinski definition) is 1. The first kappa shape index (κ1) is 12.1. The van der Waals surface area contributed by atoms with Crippen molar-refractivity contribution in [1.29, 1.82) is 0 Å². The SMILES string of the molecule is CN(C)CCCCN1CC(=O)NC(=O)C1. The molecular weight excluding hydrogens is 194 g/mol. The standard InChI is InChI=1S/C10H19N3O2/c1-12(2)5-3-4-6-13-7-9(14)11-10(15)8-13/h3-8H2,1-2H3,(H,11,14,15). The Morgan fingerprint density at radius 3 is 2.33 bits per heavy atom. The van der Waals surface area contributed by atoms with E-state index >= 15 is 0 Å². The lowest BCUT2D eigenvalue weighted by molar-refractivity contribution is -0.136. The molecule has 0 radical (unpaired) electrons. The van der Waals surface area contributed by atoms with E-state index in [1.807, 2.05) is 19.0 Å². The van der Waals surface area contributed by atoms with Gasteiger partial charge in [0.25, 0.3) is 0 Å². The minimum absolute atomic E-state index is 0.182. The zero-order valence-electron chi connectivity index (χ0n) is 9.45. The van der Waals surface area contributed by atoms with Gasteiger partial charge >= 0.3 is 0 Å². The number of amides is 2. The third-order valence-corrected chi connectivity index (χ3v) is 2.34. The summed E-state index contributed by atoms with van der Waals surface area (Å²) in [6, 6.07) is 0. The van der Waals surface area contributed by atoms with Crippen LogP contribution in [0.25, 0.3) is 0 Å². The molecule has 5 nitrogen and oxygen atoms in total. The summed E-state index contributed by atoms with van der Waals surface area (Å²) >= 11 is 0. The van der Waals surface area contributed by atoms with Gasteiger partial charge in [0.05, 0.1) is 13.1 Å². The fraction of sp³-hybridized carbons (Fsp3) is 0.800. The first-order valence-corrected chi connectivity index (χ1v) is 5.27. The van der Waals surface area contributed by atoms with E-state index in [9.17, 15) is 9.59 Å². The van der Waals surface area contributed by atoms with Crippen LogP contribution in [0.2, 0.25) is 0 Å². The molecule has 1 rings (SSSR count). The summed E-state index contributed by atoms with van der Waals surface area (Å²) in [7, 11) is 4.08. The number of carbonyl (C=O) groups excluding carboxylic acids is 2. The third kappa shape index (κ3) is 4.90. The molecule has 15 heavy (non-hydrogen) atoms. The van der Waals surface area contributed by atoms with Crippen molar-refractivity contribution in [3.8, 4) is 0 Å². The van der Waals surface area contributed by atoms with E-state index in [1.165, 1.54) is 0 Å². The fourth-order valence-electron chi connectivity index (χ4n) is 1.62. The van der Waals surface area contributed by atoms with Crippen molar-refractivity contribution in [2.24, 2.45) is 0 Å². The van der Waals surface area contributed by atoms with E-state index in [-0.39, 0.29) is 11.8 Å². The van der Waals surface area contributed by atoms with E-state index in [2.05, 4.69) is 10.2 Å². The van der Waals surface area contributed by atoms with Crippen LogP contribution < -0.4 is 5.32 Å². The highest BCUT2D eigenvalue weighted by Crippen LogP contribution is 1.99. The highest BCUT2D eigenvalue weighted by atomic mass is 16.2. The Kier molecular flexibility index (Phi) is 4.71. The van der Waals surface area contributed by atoms with Crippen molar-refractivity contribution < 1.29 is 9.59 Å². The van der Waals surface area contributed by atoms with Crippen molar-refractivity contribution in [1.82, 2.24) is 15.1 Å². The molecule has 0 spiro atoms. The van der Waals surface area contributed by atoms with Crippen LogP contribution in [0.3, 0.4) is 0 Å². The van der Waals surface area contributed by atoms with Crippen LogP contribution >= 0.6 is 0 Å². The summed E-state index contributed by atoms with van der Waals surface area (Å²) in [5.74, 6) is -0.363. The highest BCUT2D eigenvalue weighted by Gasteiger charge is 2.21. The van der Waals surface area contributed by atoms with Crippen molar-refractivity contribution >= 4 is 11.8 Å². The molecule has 1 fully saturated rings. The Morgan fingerprint density at radius 2 is 1.80 bits per heavy atom. The van der Waals surface area contributed by atoms with Crippen molar-refractivity contribution in [2.45, 2.75) is 12.8 Å². The summed E-state index contributed by atoms with van der Waals surface area (Å²) in [6.45, 7) is 2.59. The molecule has 1 aliphatic heterocycles. The number of imide groups is 1. The average molecular weight is 213 g/mol. The van der Waals surface area contributed by atoms with E-state index in [0.29, 0.717) is 13.1 Å². The van der Waals surface area contributed by atoms with Gasteiger partial charge in [-0.2, -0.15) is 0 Å². The van der Waals surface area contributed by atoms with Gasteiger partial charge in [-0.1, -0.05) is 0 Å². The van der Waals surface area contributed by atoms with Gasteiger partial charge in [-0.05, 0) is 40.0 Å². The molecule has 0 aromatic carbocycles. The zero-order valence-corrected chi connectivity index (χ0v) is 9.45. The van der Waals surface area contributed by atoms with Gasteiger partial charge in [-0.15, -0.1) is 0 Å². The first-order chi connectivity index (χ1) is 7.08. The van der Waals surface area contributed by atoms with Gasteiger partial charge in [0.1, 0.15) is 0 Å². The third-order valence-electron chi connectivity index (χ3n) is 2.34. The molecule has 1 N–H and O–H groups in total. The van der Waals surface area contributed by atoms with E-state index in [0.717, 1.165) is 25.9 Å². The Labute approximate surface area is 90.4 Å². The average Bonchev–Trinajstić information content (AvgIpc) is 2.10. The molecule has 5 heteroatoms. The molecule has 0 aromatic heterocycles. The van der Waals surface area contributed by atoms with E-state index in [1.54, 1.807) is 0 Å². The minimum atomic E-state index is -0.182. The van der Waals surface area contributed by atoms with Crippen LogP contribution in [-0.2, 0) is 9.59 Å². The normalized spacial score (nSPS) is 18.3. The van der Waals surface area contributed by atoms with Crippen LogP contribution in [0.15, 0.2) is 0 Å². The maximum absolute atomic E-state index is 11.0. The highest BCUT2D eigenvalue weighted by molar-refractivity contribution is 5.99. The maximum Gasteiger partial charge on any atom is 0.240 e. The second-order valence-electron chi connectivity index (χ2n) is 4.19. The Hall–Kier alpha value is -0.940. The predicted molar refractivity (Wildman–Crippen MR) is 57.4 cm³/mol. The number of rotatable bonds is 5. The minimum Gasteiger partial charge on any atom is -0.309 e. The van der Waals surface area contributed by atoms with Crippen molar-refractivity contribution in [3.63, 3.8) is 0 Å². The van der Waals surface area contributed by atoms with Crippen LogP contribution in [0.4, 0.5) is 0 Å². The molecular formula is C10H19N3O2. The van der Waals surface area contributed by atoms with Gasteiger partial charge < -0.3 is 4.90 Å². The number of carbonyl (C=O) groups is 2. The molecule has 0 saturated carbocycles. The van der Waals surface area contributed by atoms with Crippen molar-refractivity contribution in [2.75, 3.05) is 40.3 Å². The molecule has 0 aromatic rings. The lowest BCUT2D eigenvalue weighted by Crippen LogP contribution is -2.51. The monoisotopic (exact) mass is 213 g/mol. The molecule has 0 bridgehead atoms. The number of nitrogens with zero attached hydrogens (tertiary/aromatic N) is 2. The number of unbranched alkanes of at least 4 members (excludes halogenated alkanes) is 1. The predicted octanol–water partition coefficient (Wildman–Crippen LogP) is -0.713. The maximum atomic E-state index is 11.0. The molecule has 0 atom stereocenters. The van der Waals surface area contributed by atoms with E-state index in [4.69, 9.17) is 0 Å². The fourth-order valence-corrected chi connectivity index (χ4v) is 1.62. The zero-order chi connectivity index (χ0) is 11.3. The van der Waals surface area contributed by atoms with Gasteiger partial charge in [-0.3, -0.25) is 19.8 Å². The molecule has 86 valence electrons. The van der Waals surface area contributed by atoms with Crippen LogP contribution in [0.1, 0.15) is 12.8 Å². The Bertz CT molecular complexity index is 225. The van der Waals surface area contributed by atoms with Gasteiger partial charge in [-0.25, -0.2) is 0 Å². The molecule has 0 aliphatic carbocycles. The van der Waals surface area contributed by atoms with Gasteiger partial charge in [0.15, 0.2) is 0 Å². The van der Waals surface area contributed by atoms with Crippen molar-refractivity contribution in [3.05, 3.63) is 0 Å². The van der Waals surface area contributed by atoms with Crippen LogP contribution in [0, 0.1) is 0 Å². The molecule has 2 amide bonds. The van der Waals surface area contributed by atoms with Crippen LogP contribution in [0.5, 0.6) is 0 Å². The second-order valence-corrected chi connectivity index (χ2v) is 4.19. The number of hydrogen-bond acceptors (Lipinski definition) is 4. The second kappa shape index (κ2) is 5.82. The number of piperazine rings is 1. The molecule has 1 saturated heterocycles. The largest absolute Gasteiger partial charge is 0.309 e. The lowest BCUT2D eigenvalue weighted by Gasteiger charge is -2.25. The summed E-state index contributed by atoms with van der Waals surface area (Å²) < 4.78 is 0. The quantitative estimate of drug-likeness (QED) is 0.484. The summed E-state index contributed by atoms with van der Waals surface area (Å²) in [4.78, 5) is 26.1. The molecule has 1 heterocycles.